The second-order valence-corrected chi connectivity index (χ2v) is 7.99. The smallest absolute Gasteiger partial charge is 0.253 e. The molecule has 0 bridgehead atoms. The lowest BCUT2D eigenvalue weighted by Crippen LogP contribution is -2.31. The Bertz CT molecular complexity index is 1270. The molecule has 0 aliphatic rings. The molecule has 0 aliphatic heterocycles. The number of benzene rings is 2. The van der Waals surface area contributed by atoms with Gasteiger partial charge in [0.2, 0.25) is 0 Å². The fourth-order valence-corrected chi connectivity index (χ4v) is 4.16. The number of aromatic nitrogens is 3. The van der Waals surface area contributed by atoms with Crippen molar-refractivity contribution < 1.29 is 9.53 Å². The third-order valence-electron chi connectivity index (χ3n) is 5.85. The molecule has 4 aromatic rings. The maximum absolute atomic E-state index is 13.5. The number of carbonyl (C=O) groups is 1. The van der Waals surface area contributed by atoms with E-state index in [0.29, 0.717) is 5.56 Å². The van der Waals surface area contributed by atoms with Crippen molar-refractivity contribution >= 4 is 5.91 Å². The summed E-state index contributed by atoms with van der Waals surface area (Å²) in [7, 11) is 3.56. The van der Waals surface area contributed by atoms with E-state index in [4.69, 9.17) is 4.74 Å². The van der Waals surface area contributed by atoms with Crippen LogP contribution in [0.3, 0.4) is 0 Å². The number of rotatable bonds is 6. The van der Waals surface area contributed by atoms with Gasteiger partial charge in [-0.3, -0.25) is 4.79 Å². The first-order valence-electron chi connectivity index (χ1n) is 10.6. The standard InChI is InChI=1S/C26H28N4O2/c1-17-9-6-7-12-23(17)30-18(2)15-22(19(30)3)26(31)28-24(25-27-13-14-29(25)4)20-10-8-11-21(16-20)32-5/h6-16,24H,1-5H3,(H,28,31). The number of carbonyl (C=O) groups excluding carboxylic acids is 1. The van der Waals surface area contributed by atoms with E-state index in [-0.39, 0.29) is 5.91 Å². The molecule has 0 radical (unpaired) electrons. The van der Waals surface area contributed by atoms with Gasteiger partial charge < -0.3 is 19.2 Å². The topological polar surface area (TPSA) is 61.1 Å². The normalized spacial score (nSPS) is 11.9. The summed E-state index contributed by atoms with van der Waals surface area (Å²) in [6.45, 7) is 6.08. The zero-order valence-corrected chi connectivity index (χ0v) is 19.1. The average Bonchev–Trinajstić information content (AvgIpc) is 3.34. The summed E-state index contributed by atoms with van der Waals surface area (Å²) in [5, 5.41) is 3.20. The number of hydrogen-bond donors (Lipinski definition) is 1. The highest BCUT2D eigenvalue weighted by molar-refractivity contribution is 5.96. The molecule has 6 heteroatoms. The minimum atomic E-state index is -0.417. The molecule has 4 rings (SSSR count). The summed E-state index contributed by atoms with van der Waals surface area (Å²) < 4.78 is 9.45. The van der Waals surface area contributed by atoms with Gasteiger partial charge in [-0.05, 0) is 56.2 Å². The number of hydrogen-bond acceptors (Lipinski definition) is 3. The quantitative estimate of drug-likeness (QED) is 0.486. The van der Waals surface area contributed by atoms with E-state index < -0.39 is 6.04 Å². The van der Waals surface area contributed by atoms with E-state index in [2.05, 4.69) is 33.9 Å². The molecule has 32 heavy (non-hydrogen) atoms. The molecule has 0 aliphatic carbocycles. The van der Waals surface area contributed by atoms with Crippen molar-refractivity contribution in [3.63, 3.8) is 0 Å². The molecule has 0 saturated carbocycles. The summed E-state index contributed by atoms with van der Waals surface area (Å²) in [4.78, 5) is 18.0. The fraction of sp³-hybridized carbons (Fsp3) is 0.231. The molecule has 2 aromatic carbocycles. The lowest BCUT2D eigenvalue weighted by Gasteiger charge is -2.20. The molecule has 6 nitrogen and oxygen atoms in total. The molecule has 2 aromatic heterocycles. The Hall–Kier alpha value is -3.80. The van der Waals surface area contributed by atoms with Crippen LogP contribution in [0.2, 0.25) is 0 Å². The Balaban J connectivity index is 1.73. The Morgan fingerprint density at radius 1 is 1.06 bits per heavy atom. The highest BCUT2D eigenvalue weighted by Gasteiger charge is 2.24. The minimum absolute atomic E-state index is 0.145. The van der Waals surface area contributed by atoms with Gasteiger partial charge in [-0.15, -0.1) is 0 Å². The maximum atomic E-state index is 13.5. The molecule has 1 N–H and O–H groups in total. The Morgan fingerprint density at radius 2 is 1.84 bits per heavy atom. The van der Waals surface area contributed by atoms with Crippen molar-refractivity contribution in [2.45, 2.75) is 26.8 Å². The van der Waals surface area contributed by atoms with Gasteiger partial charge in [-0.25, -0.2) is 4.98 Å². The van der Waals surface area contributed by atoms with E-state index in [1.807, 2.05) is 74.1 Å². The van der Waals surface area contributed by atoms with Crippen LogP contribution in [0.15, 0.2) is 67.0 Å². The van der Waals surface area contributed by atoms with Crippen molar-refractivity contribution in [1.82, 2.24) is 19.4 Å². The van der Waals surface area contributed by atoms with Crippen molar-refractivity contribution in [2.75, 3.05) is 7.11 Å². The number of nitrogens with one attached hydrogen (secondary N) is 1. The van der Waals surface area contributed by atoms with E-state index in [1.165, 1.54) is 0 Å². The molecule has 0 spiro atoms. The van der Waals surface area contributed by atoms with Gasteiger partial charge >= 0.3 is 0 Å². The van der Waals surface area contributed by atoms with Crippen LogP contribution in [0.1, 0.15) is 44.7 Å². The van der Waals surface area contributed by atoms with Crippen molar-refractivity contribution in [2.24, 2.45) is 7.05 Å². The largest absolute Gasteiger partial charge is 0.497 e. The van der Waals surface area contributed by atoms with Crippen molar-refractivity contribution in [1.29, 1.82) is 0 Å². The molecule has 1 amide bonds. The zero-order chi connectivity index (χ0) is 22.8. The number of aryl methyl sites for hydroxylation is 3. The maximum Gasteiger partial charge on any atom is 0.253 e. The van der Waals surface area contributed by atoms with Gasteiger partial charge in [-0.1, -0.05) is 30.3 Å². The predicted molar refractivity (Wildman–Crippen MR) is 125 cm³/mol. The number of amides is 1. The van der Waals surface area contributed by atoms with E-state index in [0.717, 1.165) is 39.8 Å². The van der Waals surface area contributed by atoms with Crippen LogP contribution in [0.25, 0.3) is 5.69 Å². The van der Waals surface area contributed by atoms with Gasteiger partial charge in [0.25, 0.3) is 5.91 Å². The summed E-state index contributed by atoms with van der Waals surface area (Å²) in [5.41, 5.74) is 5.70. The molecule has 0 saturated heterocycles. The van der Waals surface area contributed by atoms with Crippen molar-refractivity contribution in [3.05, 3.63) is 101 Å². The van der Waals surface area contributed by atoms with Gasteiger partial charge in [0.1, 0.15) is 17.6 Å². The van der Waals surface area contributed by atoms with E-state index >= 15 is 0 Å². The Labute approximate surface area is 188 Å². The molecular weight excluding hydrogens is 400 g/mol. The third kappa shape index (κ3) is 3.91. The molecule has 164 valence electrons. The number of imidazole rings is 1. The van der Waals surface area contributed by atoms with Gasteiger partial charge in [0.05, 0.1) is 12.7 Å². The average molecular weight is 429 g/mol. The second-order valence-electron chi connectivity index (χ2n) is 7.99. The first kappa shape index (κ1) is 21.4. The van der Waals surface area contributed by atoms with Crippen molar-refractivity contribution in [3.8, 4) is 11.4 Å². The highest BCUT2D eigenvalue weighted by atomic mass is 16.5. The number of methoxy groups -OCH3 is 1. The first-order chi connectivity index (χ1) is 15.4. The number of nitrogens with zero attached hydrogens (tertiary/aromatic N) is 3. The number of ether oxygens (including phenoxy) is 1. The van der Waals surface area contributed by atoms with Gasteiger partial charge in [0, 0.05) is 36.5 Å². The Kier molecular flexibility index (Phi) is 5.86. The van der Waals surface area contributed by atoms with Crippen LogP contribution < -0.4 is 10.1 Å². The molecule has 1 atom stereocenters. The molecule has 0 fully saturated rings. The second kappa shape index (κ2) is 8.75. The molecule has 2 heterocycles. The lowest BCUT2D eigenvalue weighted by atomic mass is 10.0. The van der Waals surface area contributed by atoms with Crippen LogP contribution in [0.5, 0.6) is 5.75 Å². The zero-order valence-electron chi connectivity index (χ0n) is 19.1. The van der Waals surface area contributed by atoms with Gasteiger partial charge in [0.15, 0.2) is 0 Å². The lowest BCUT2D eigenvalue weighted by molar-refractivity contribution is 0.0940. The van der Waals surface area contributed by atoms with Crippen LogP contribution in [0.4, 0.5) is 0 Å². The Morgan fingerprint density at radius 3 is 2.53 bits per heavy atom. The van der Waals surface area contributed by atoms with Crippen LogP contribution in [-0.2, 0) is 7.05 Å². The third-order valence-corrected chi connectivity index (χ3v) is 5.85. The monoisotopic (exact) mass is 428 g/mol. The summed E-state index contributed by atoms with van der Waals surface area (Å²) in [6.07, 6.45) is 3.61. The predicted octanol–water partition coefficient (Wildman–Crippen LogP) is 4.66. The summed E-state index contributed by atoms with van der Waals surface area (Å²) >= 11 is 0. The van der Waals surface area contributed by atoms with E-state index in [9.17, 15) is 4.79 Å². The van der Waals surface area contributed by atoms with Gasteiger partial charge in [-0.2, -0.15) is 0 Å². The molecule has 1 unspecified atom stereocenters. The van der Waals surface area contributed by atoms with Crippen LogP contribution >= 0.6 is 0 Å². The summed E-state index contributed by atoms with van der Waals surface area (Å²) in [5.74, 6) is 1.33. The highest BCUT2D eigenvalue weighted by Crippen LogP contribution is 2.27. The summed E-state index contributed by atoms with van der Waals surface area (Å²) in [6, 6.07) is 17.4. The minimum Gasteiger partial charge on any atom is -0.497 e. The van der Waals surface area contributed by atoms with Crippen LogP contribution in [0, 0.1) is 20.8 Å². The van der Waals surface area contributed by atoms with E-state index in [1.54, 1.807) is 13.3 Å². The van der Waals surface area contributed by atoms with Crippen LogP contribution in [-0.4, -0.2) is 27.1 Å². The fourth-order valence-electron chi connectivity index (χ4n) is 4.16. The molecular formula is C26H28N4O2. The number of para-hydroxylation sites is 1. The SMILES string of the molecule is COc1cccc(C(NC(=O)c2cc(C)n(-c3ccccc3C)c2C)c2nccn2C)c1. The first-order valence-corrected chi connectivity index (χ1v) is 10.6.